The summed E-state index contributed by atoms with van der Waals surface area (Å²) >= 11 is 0. The van der Waals surface area contributed by atoms with E-state index in [-0.39, 0.29) is 5.97 Å². The number of esters is 1. The number of nitrogens with one attached hydrogen (secondary N) is 1. The summed E-state index contributed by atoms with van der Waals surface area (Å²) < 4.78 is 5.13. The smallest absolute Gasteiger partial charge is 0.333 e. The largest absolute Gasteiger partial charge is 0.464 e. The lowest BCUT2D eigenvalue weighted by Gasteiger charge is -2.18. The fraction of sp³-hybridized carbons (Fsp3) is 0.250. The Hall–Kier alpha value is -2.36. The van der Waals surface area contributed by atoms with Gasteiger partial charge in [0.25, 0.3) is 0 Å². The van der Waals surface area contributed by atoms with Crippen molar-refractivity contribution in [3.05, 3.63) is 59.9 Å². The highest BCUT2D eigenvalue weighted by Gasteiger charge is 2.21. The molecule has 0 bridgehead atoms. The zero-order valence-electron chi connectivity index (χ0n) is 11.7. The van der Waals surface area contributed by atoms with E-state index in [0.717, 1.165) is 16.8 Å². The molecule has 0 radical (unpaired) electrons. The SMILES string of the molecule is CCOC(=O)C(Nc1cccc(C)c1)c1cccnc1. The number of rotatable bonds is 5. The van der Waals surface area contributed by atoms with E-state index in [9.17, 15) is 4.79 Å². The minimum atomic E-state index is -0.551. The molecule has 0 amide bonds. The van der Waals surface area contributed by atoms with Gasteiger partial charge in [-0.15, -0.1) is 0 Å². The van der Waals surface area contributed by atoms with Crippen molar-refractivity contribution in [3.8, 4) is 0 Å². The topological polar surface area (TPSA) is 51.2 Å². The number of anilines is 1. The van der Waals surface area contributed by atoms with Crippen LogP contribution in [0.1, 0.15) is 24.1 Å². The van der Waals surface area contributed by atoms with Crippen LogP contribution < -0.4 is 5.32 Å². The van der Waals surface area contributed by atoms with Crippen LogP contribution in [0.2, 0.25) is 0 Å². The number of nitrogens with zero attached hydrogens (tertiary/aromatic N) is 1. The molecule has 2 aromatic rings. The minimum absolute atomic E-state index is 0.304. The van der Waals surface area contributed by atoms with E-state index in [1.807, 2.05) is 37.3 Å². The summed E-state index contributed by atoms with van der Waals surface area (Å²) in [7, 11) is 0. The van der Waals surface area contributed by atoms with Gasteiger partial charge in [0.2, 0.25) is 0 Å². The van der Waals surface area contributed by atoms with Crippen molar-refractivity contribution in [3.63, 3.8) is 0 Å². The van der Waals surface area contributed by atoms with Crippen LogP contribution in [0.3, 0.4) is 0 Å². The maximum atomic E-state index is 12.1. The van der Waals surface area contributed by atoms with E-state index in [4.69, 9.17) is 4.74 Å². The van der Waals surface area contributed by atoms with E-state index in [0.29, 0.717) is 6.61 Å². The molecule has 0 aliphatic carbocycles. The fourth-order valence-corrected chi connectivity index (χ4v) is 1.95. The molecule has 2 rings (SSSR count). The molecule has 1 heterocycles. The summed E-state index contributed by atoms with van der Waals surface area (Å²) in [5.74, 6) is -0.304. The summed E-state index contributed by atoms with van der Waals surface area (Å²) in [6.07, 6.45) is 3.35. The highest BCUT2D eigenvalue weighted by Crippen LogP contribution is 2.21. The van der Waals surface area contributed by atoms with Crippen LogP contribution in [0.4, 0.5) is 5.69 Å². The normalized spacial score (nSPS) is 11.7. The number of carbonyl (C=O) groups excluding carboxylic acids is 1. The summed E-state index contributed by atoms with van der Waals surface area (Å²) in [5, 5.41) is 3.21. The average molecular weight is 270 g/mol. The molecule has 0 aliphatic rings. The van der Waals surface area contributed by atoms with Crippen molar-refractivity contribution >= 4 is 11.7 Å². The number of carbonyl (C=O) groups is 1. The van der Waals surface area contributed by atoms with Crippen molar-refractivity contribution < 1.29 is 9.53 Å². The van der Waals surface area contributed by atoms with Crippen LogP contribution in [0.25, 0.3) is 0 Å². The van der Waals surface area contributed by atoms with Gasteiger partial charge in [-0.3, -0.25) is 4.98 Å². The van der Waals surface area contributed by atoms with Crippen LogP contribution in [-0.2, 0) is 9.53 Å². The van der Waals surface area contributed by atoms with Crippen LogP contribution >= 0.6 is 0 Å². The van der Waals surface area contributed by atoms with Gasteiger partial charge < -0.3 is 10.1 Å². The molecule has 4 heteroatoms. The van der Waals surface area contributed by atoms with Gasteiger partial charge in [-0.2, -0.15) is 0 Å². The van der Waals surface area contributed by atoms with Gasteiger partial charge in [0.1, 0.15) is 0 Å². The summed E-state index contributed by atoms with van der Waals surface area (Å²) in [6.45, 7) is 4.16. The van der Waals surface area contributed by atoms with Gasteiger partial charge in [-0.05, 0) is 37.6 Å². The Balaban J connectivity index is 2.25. The van der Waals surface area contributed by atoms with Crippen LogP contribution in [-0.4, -0.2) is 17.6 Å². The lowest BCUT2D eigenvalue weighted by atomic mass is 10.1. The third-order valence-corrected chi connectivity index (χ3v) is 2.87. The van der Waals surface area contributed by atoms with Gasteiger partial charge >= 0.3 is 5.97 Å². The van der Waals surface area contributed by atoms with Crippen LogP contribution in [0, 0.1) is 6.92 Å². The van der Waals surface area contributed by atoms with E-state index in [2.05, 4.69) is 10.3 Å². The highest BCUT2D eigenvalue weighted by atomic mass is 16.5. The molecular formula is C16H18N2O2. The van der Waals surface area contributed by atoms with Gasteiger partial charge in [0.05, 0.1) is 6.61 Å². The second-order valence-electron chi connectivity index (χ2n) is 4.49. The van der Waals surface area contributed by atoms with Crippen molar-refractivity contribution in [1.82, 2.24) is 4.98 Å². The zero-order valence-corrected chi connectivity index (χ0v) is 11.7. The van der Waals surface area contributed by atoms with Crippen molar-refractivity contribution in [2.45, 2.75) is 19.9 Å². The Labute approximate surface area is 118 Å². The van der Waals surface area contributed by atoms with Crippen molar-refractivity contribution in [2.75, 3.05) is 11.9 Å². The van der Waals surface area contributed by atoms with E-state index < -0.39 is 6.04 Å². The molecule has 104 valence electrons. The van der Waals surface area contributed by atoms with Gasteiger partial charge in [-0.1, -0.05) is 18.2 Å². The molecular weight excluding hydrogens is 252 g/mol. The predicted octanol–water partition coefficient (Wildman–Crippen LogP) is 3.11. The summed E-state index contributed by atoms with van der Waals surface area (Å²) in [5.41, 5.74) is 2.79. The Morgan fingerprint density at radius 2 is 2.20 bits per heavy atom. The van der Waals surface area contributed by atoms with E-state index in [1.165, 1.54) is 0 Å². The molecule has 4 nitrogen and oxygen atoms in total. The quantitative estimate of drug-likeness (QED) is 0.848. The molecule has 0 spiro atoms. The van der Waals surface area contributed by atoms with Crippen LogP contribution in [0.5, 0.6) is 0 Å². The molecule has 1 atom stereocenters. The monoisotopic (exact) mass is 270 g/mol. The second-order valence-corrected chi connectivity index (χ2v) is 4.49. The predicted molar refractivity (Wildman–Crippen MR) is 78.4 cm³/mol. The first kappa shape index (κ1) is 14.1. The zero-order chi connectivity index (χ0) is 14.4. The second kappa shape index (κ2) is 6.70. The Bertz CT molecular complexity index is 570. The Morgan fingerprint density at radius 3 is 2.85 bits per heavy atom. The summed E-state index contributed by atoms with van der Waals surface area (Å²) in [6, 6.07) is 11.0. The van der Waals surface area contributed by atoms with Gasteiger partial charge in [-0.25, -0.2) is 4.79 Å². The lowest BCUT2D eigenvalue weighted by molar-refractivity contribution is -0.144. The standard InChI is InChI=1S/C16H18N2O2/c1-3-20-16(19)15(13-7-5-9-17-11-13)18-14-8-4-6-12(2)10-14/h4-11,15,18H,3H2,1-2H3. The number of pyridine rings is 1. The first-order valence-electron chi connectivity index (χ1n) is 6.60. The molecule has 0 saturated carbocycles. The first-order valence-corrected chi connectivity index (χ1v) is 6.60. The van der Waals surface area contributed by atoms with Gasteiger partial charge in [0.15, 0.2) is 6.04 Å². The number of aryl methyl sites for hydroxylation is 1. The summed E-state index contributed by atoms with van der Waals surface area (Å²) in [4.78, 5) is 16.2. The minimum Gasteiger partial charge on any atom is -0.464 e. The molecule has 20 heavy (non-hydrogen) atoms. The Morgan fingerprint density at radius 1 is 1.35 bits per heavy atom. The highest BCUT2D eigenvalue weighted by molar-refractivity contribution is 5.81. The fourth-order valence-electron chi connectivity index (χ4n) is 1.95. The molecule has 1 aromatic carbocycles. The lowest BCUT2D eigenvalue weighted by Crippen LogP contribution is -2.23. The molecule has 0 saturated heterocycles. The average Bonchev–Trinajstić information content (AvgIpc) is 2.46. The molecule has 0 aliphatic heterocycles. The number of ether oxygens (including phenoxy) is 1. The van der Waals surface area contributed by atoms with Gasteiger partial charge in [0, 0.05) is 23.6 Å². The van der Waals surface area contributed by atoms with Crippen molar-refractivity contribution in [2.24, 2.45) is 0 Å². The Kier molecular flexibility index (Phi) is 4.71. The number of aromatic nitrogens is 1. The van der Waals surface area contributed by atoms with E-state index >= 15 is 0 Å². The van der Waals surface area contributed by atoms with E-state index in [1.54, 1.807) is 25.4 Å². The third kappa shape index (κ3) is 3.57. The maximum Gasteiger partial charge on any atom is 0.333 e. The maximum absolute atomic E-state index is 12.1. The molecule has 1 unspecified atom stereocenters. The van der Waals surface area contributed by atoms with Crippen LogP contribution in [0.15, 0.2) is 48.8 Å². The number of hydrogen-bond acceptors (Lipinski definition) is 4. The number of hydrogen-bond donors (Lipinski definition) is 1. The molecule has 1 N–H and O–H groups in total. The third-order valence-electron chi connectivity index (χ3n) is 2.87. The first-order chi connectivity index (χ1) is 9.70. The molecule has 0 fully saturated rings. The van der Waals surface area contributed by atoms with Crippen molar-refractivity contribution in [1.29, 1.82) is 0 Å². The molecule has 1 aromatic heterocycles. The number of benzene rings is 1.